The molecule has 1 heterocycles. The molecule has 1 aromatic rings. The molecule has 3 nitrogen and oxygen atoms in total. The lowest BCUT2D eigenvalue weighted by molar-refractivity contribution is 0.292. The fourth-order valence-corrected chi connectivity index (χ4v) is 3.85. The Bertz CT molecular complexity index is 406. The summed E-state index contributed by atoms with van der Waals surface area (Å²) in [7, 11) is 0. The molecule has 0 N–H and O–H groups in total. The Morgan fingerprint density at radius 2 is 1.90 bits per heavy atom. The second-order valence-corrected chi connectivity index (χ2v) is 6.99. The van der Waals surface area contributed by atoms with Crippen LogP contribution in [0.5, 0.6) is 0 Å². The van der Waals surface area contributed by atoms with E-state index in [4.69, 9.17) is 0 Å². The summed E-state index contributed by atoms with van der Waals surface area (Å²) in [4.78, 5) is 0. The standard InChI is InChI=1S/C16H28BrN3/c1-4-5-6-13-7-9-14(10-8-13)16-19-18-15(11-17)20(16)12(2)3/h12-14H,4-11H2,1-3H3. The van der Waals surface area contributed by atoms with Crippen molar-refractivity contribution in [3.8, 4) is 0 Å². The van der Waals surface area contributed by atoms with Crippen LogP contribution in [0.1, 0.15) is 89.3 Å². The van der Waals surface area contributed by atoms with E-state index in [1.807, 2.05) is 0 Å². The SMILES string of the molecule is CCCCC1CCC(c2nnc(CBr)n2C(C)C)CC1. The van der Waals surface area contributed by atoms with Crippen LogP contribution in [0.2, 0.25) is 0 Å². The molecule has 0 saturated heterocycles. The van der Waals surface area contributed by atoms with E-state index in [2.05, 4.69) is 51.5 Å². The molecule has 0 amide bonds. The molecule has 0 spiro atoms. The van der Waals surface area contributed by atoms with E-state index in [-0.39, 0.29) is 0 Å². The van der Waals surface area contributed by atoms with Crippen molar-refractivity contribution in [2.75, 3.05) is 0 Å². The molecule has 0 radical (unpaired) electrons. The molecule has 2 rings (SSSR count). The van der Waals surface area contributed by atoms with Crippen molar-refractivity contribution in [2.24, 2.45) is 5.92 Å². The lowest BCUT2D eigenvalue weighted by Crippen LogP contribution is -2.18. The number of hydrogen-bond donors (Lipinski definition) is 0. The van der Waals surface area contributed by atoms with Crippen molar-refractivity contribution in [1.29, 1.82) is 0 Å². The van der Waals surface area contributed by atoms with Crippen LogP contribution >= 0.6 is 15.9 Å². The first-order valence-corrected chi connectivity index (χ1v) is 9.29. The van der Waals surface area contributed by atoms with Crippen molar-refractivity contribution >= 4 is 15.9 Å². The molecule has 1 saturated carbocycles. The van der Waals surface area contributed by atoms with E-state index in [1.165, 1.54) is 50.8 Å². The van der Waals surface area contributed by atoms with E-state index >= 15 is 0 Å². The minimum absolute atomic E-state index is 0.449. The molecule has 1 aliphatic carbocycles. The number of alkyl halides is 1. The van der Waals surface area contributed by atoms with Gasteiger partial charge < -0.3 is 4.57 Å². The van der Waals surface area contributed by atoms with Gasteiger partial charge in [-0.05, 0) is 45.4 Å². The molecule has 1 aromatic heterocycles. The van der Waals surface area contributed by atoms with Crippen molar-refractivity contribution in [3.63, 3.8) is 0 Å². The van der Waals surface area contributed by atoms with Gasteiger partial charge in [-0.1, -0.05) is 42.1 Å². The Kier molecular flexibility index (Phi) is 6.06. The summed E-state index contributed by atoms with van der Waals surface area (Å²) >= 11 is 3.53. The highest BCUT2D eigenvalue weighted by atomic mass is 79.9. The molecule has 0 unspecified atom stereocenters. The van der Waals surface area contributed by atoms with Crippen LogP contribution in [0.15, 0.2) is 0 Å². The molecule has 0 aromatic carbocycles. The predicted octanol–water partition coefficient (Wildman–Crippen LogP) is 5.22. The van der Waals surface area contributed by atoms with Crippen molar-refractivity contribution in [3.05, 3.63) is 11.6 Å². The largest absolute Gasteiger partial charge is 0.311 e. The highest BCUT2D eigenvalue weighted by Gasteiger charge is 2.27. The van der Waals surface area contributed by atoms with Gasteiger partial charge in [0.2, 0.25) is 0 Å². The van der Waals surface area contributed by atoms with Crippen LogP contribution in [0.3, 0.4) is 0 Å². The number of nitrogens with zero attached hydrogens (tertiary/aromatic N) is 3. The molecule has 4 heteroatoms. The summed E-state index contributed by atoms with van der Waals surface area (Å²) in [6, 6.07) is 0.449. The molecule has 0 atom stereocenters. The first-order chi connectivity index (χ1) is 9.67. The molecule has 1 fully saturated rings. The molecule has 0 aliphatic heterocycles. The van der Waals surface area contributed by atoms with Crippen molar-refractivity contribution < 1.29 is 0 Å². The van der Waals surface area contributed by atoms with E-state index in [9.17, 15) is 0 Å². The zero-order valence-corrected chi connectivity index (χ0v) is 14.7. The minimum atomic E-state index is 0.449. The van der Waals surface area contributed by atoms with E-state index in [0.717, 1.165) is 17.1 Å². The summed E-state index contributed by atoms with van der Waals surface area (Å²) in [5, 5.41) is 9.66. The monoisotopic (exact) mass is 341 g/mol. The second kappa shape index (κ2) is 7.58. The van der Waals surface area contributed by atoms with E-state index in [0.29, 0.717) is 12.0 Å². The quantitative estimate of drug-likeness (QED) is 0.664. The highest BCUT2D eigenvalue weighted by Crippen LogP contribution is 2.38. The van der Waals surface area contributed by atoms with Crippen LogP contribution in [-0.2, 0) is 5.33 Å². The fourth-order valence-electron chi connectivity index (χ4n) is 3.47. The van der Waals surface area contributed by atoms with Gasteiger partial charge in [-0.25, -0.2) is 0 Å². The third-order valence-corrected chi connectivity index (χ3v) is 5.11. The third-order valence-electron chi connectivity index (χ3n) is 4.61. The Balaban J connectivity index is 2.01. The average Bonchev–Trinajstić information content (AvgIpc) is 2.89. The van der Waals surface area contributed by atoms with Crippen LogP contribution in [-0.4, -0.2) is 14.8 Å². The number of unbranched alkanes of at least 4 members (excludes halogenated alkanes) is 1. The van der Waals surface area contributed by atoms with Crippen molar-refractivity contribution in [1.82, 2.24) is 14.8 Å². The van der Waals surface area contributed by atoms with Crippen LogP contribution < -0.4 is 0 Å². The number of hydrogen-bond acceptors (Lipinski definition) is 2. The van der Waals surface area contributed by atoms with E-state index < -0.39 is 0 Å². The predicted molar refractivity (Wildman–Crippen MR) is 87.3 cm³/mol. The van der Waals surface area contributed by atoms with Gasteiger partial charge in [0.1, 0.15) is 11.6 Å². The number of rotatable bonds is 6. The summed E-state index contributed by atoms with van der Waals surface area (Å²) in [5.41, 5.74) is 0. The number of halogens is 1. The lowest BCUT2D eigenvalue weighted by Gasteiger charge is -2.29. The summed E-state index contributed by atoms with van der Waals surface area (Å²) in [5.74, 6) is 3.87. The zero-order chi connectivity index (χ0) is 14.5. The Labute approximate surface area is 131 Å². The van der Waals surface area contributed by atoms with Gasteiger partial charge in [0, 0.05) is 12.0 Å². The van der Waals surface area contributed by atoms with Gasteiger partial charge in [0.05, 0.1) is 5.33 Å². The van der Waals surface area contributed by atoms with E-state index in [1.54, 1.807) is 0 Å². The second-order valence-electron chi connectivity index (χ2n) is 6.43. The smallest absolute Gasteiger partial charge is 0.143 e. The first-order valence-electron chi connectivity index (χ1n) is 8.17. The molecule has 1 aliphatic rings. The van der Waals surface area contributed by atoms with Crippen LogP contribution in [0.25, 0.3) is 0 Å². The first kappa shape index (κ1) is 16.0. The minimum Gasteiger partial charge on any atom is -0.311 e. The van der Waals surface area contributed by atoms with Gasteiger partial charge >= 0.3 is 0 Å². The van der Waals surface area contributed by atoms with Gasteiger partial charge in [0.15, 0.2) is 0 Å². The molecule has 0 bridgehead atoms. The maximum atomic E-state index is 4.50. The third kappa shape index (κ3) is 3.63. The maximum absolute atomic E-state index is 4.50. The molecular formula is C16H28BrN3. The molecular weight excluding hydrogens is 314 g/mol. The zero-order valence-electron chi connectivity index (χ0n) is 13.1. The average molecular weight is 342 g/mol. The topological polar surface area (TPSA) is 30.7 Å². The maximum Gasteiger partial charge on any atom is 0.143 e. The lowest BCUT2D eigenvalue weighted by atomic mass is 9.79. The van der Waals surface area contributed by atoms with Crippen LogP contribution in [0.4, 0.5) is 0 Å². The Hall–Kier alpha value is -0.380. The van der Waals surface area contributed by atoms with Crippen LogP contribution in [0, 0.1) is 5.92 Å². The molecule has 20 heavy (non-hydrogen) atoms. The Morgan fingerprint density at radius 3 is 2.45 bits per heavy atom. The summed E-state index contributed by atoms with van der Waals surface area (Å²) < 4.78 is 2.34. The summed E-state index contributed by atoms with van der Waals surface area (Å²) in [6.45, 7) is 6.75. The summed E-state index contributed by atoms with van der Waals surface area (Å²) in [6.07, 6.45) is 9.48. The normalized spacial score (nSPS) is 23.4. The Morgan fingerprint density at radius 1 is 1.20 bits per heavy atom. The fraction of sp³-hybridized carbons (Fsp3) is 0.875. The van der Waals surface area contributed by atoms with Gasteiger partial charge in [-0.2, -0.15) is 0 Å². The molecule has 114 valence electrons. The van der Waals surface area contributed by atoms with Crippen molar-refractivity contribution in [2.45, 2.75) is 83.0 Å². The highest BCUT2D eigenvalue weighted by molar-refractivity contribution is 9.08. The number of aromatic nitrogens is 3. The van der Waals surface area contributed by atoms with Gasteiger partial charge in [-0.15, -0.1) is 10.2 Å². The van der Waals surface area contributed by atoms with Gasteiger partial charge in [0.25, 0.3) is 0 Å². The van der Waals surface area contributed by atoms with Gasteiger partial charge in [-0.3, -0.25) is 0 Å².